The summed E-state index contributed by atoms with van der Waals surface area (Å²) >= 11 is 6.66. The smallest absolute Gasteiger partial charge is 0.241 e. The predicted octanol–water partition coefficient (Wildman–Crippen LogP) is 2.55. The van der Waals surface area contributed by atoms with Crippen LogP contribution in [0.2, 0.25) is 0 Å². The minimum Gasteiger partial charge on any atom is -0.313 e. The number of benzene rings is 1. The Hall–Kier alpha value is 0.0500. The van der Waals surface area contributed by atoms with Crippen LogP contribution < -0.4 is 10.0 Å². The van der Waals surface area contributed by atoms with Gasteiger partial charge in [0.1, 0.15) is 0 Å². The van der Waals surface area contributed by atoms with E-state index < -0.39 is 10.0 Å². The number of rotatable bonds is 6. The van der Waals surface area contributed by atoms with Gasteiger partial charge < -0.3 is 5.32 Å². The molecule has 1 fully saturated rings. The molecule has 0 unspecified atom stereocenters. The van der Waals surface area contributed by atoms with Crippen molar-refractivity contribution < 1.29 is 8.42 Å². The number of nitrogens with one attached hydrogen (secondary N) is 2. The minimum atomic E-state index is -3.47. The van der Waals surface area contributed by atoms with Gasteiger partial charge in [-0.3, -0.25) is 0 Å². The van der Waals surface area contributed by atoms with Gasteiger partial charge in [-0.15, -0.1) is 0 Å². The van der Waals surface area contributed by atoms with Crippen LogP contribution in [0.25, 0.3) is 0 Å². The lowest BCUT2D eigenvalue weighted by atomic mass is 10.2. The molecule has 4 nitrogen and oxygen atoms in total. The molecule has 1 aliphatic carbocycles. The monoisotopic (exact) mass is 410 g/mol. The van der Waals surface area contributed by atoms with Gasteiger partial charge in [-0.2, -0.15) is 0 Å². The molecule has 0 atom stereocenters. The largest absolute Gasteiger partial charge is 0.313 e. The SMILES string of the molecule is Cc1cc(Br)c(S(=O)(=O)NCCNC2CC2)cc1Br. The summed E-state index contributed by atoms with van der Waals surface area (Å²) < 4.78 is 28.3. The molecule has 1 aliphatic rings. The Kier molecular flexibility index (Phi) is 5.05. The van der Waals surface area contributed by atoms with Gasteiger partial charge in [0.15, 0.2) is 0 Å². The molecule has 0 bridgehead atoms. The lowest BCUT2D eigenvalue weighted by molar-refractivity contribution is 0.575. The second kappa shape index (κ2) is 6.22. The zero-order chi connectivity index (χ0) is 14.0. The maximum atomic E-state index is 12.2. The molecule has 1 aromatic carbocycles. The Morgan fingerprint density at radius 1 is 1.21 bits per heavy atom. The van der Waals surface area contributed by atoms with E-state index in [1.807, 2.05) is 6.92 Å². The van der Waals surface area contributed by atoms with Crippen molar-refractivity contribution in [2.75, 3.05) is 13.1 Å². The molecule has 7 heteroatoms. The zero-order valence-electron chi connectivity index (χ0n) is 10.5. The number of aryl methyl sites for hydroxylation is 1. The summed E-state index contributed by atoms with van der Waals surface area (Å²) in [6.07, 6.45) is 2.40. The molecule has 0 radical (unpaired) electrons. The van der Waals surface area contributed by atoms with E-state index in [1.54, 1.807) is 12.1 Å². The van der Waals surface area contributed by atoms with Crippen LogP contribution in [0.4, 0.5) is 0 Å². The summed E-state index contributed by atoms with van der Waals surface area (Å²) in [5, 5.41) is 3.27. The first kappa shape index (κ1) is 15.4. The molecule has 0 aromatic heterocycles. The fraction of sp³-hybridized carbons (Fsp3) is 0.500. The van der Waals surface area contributed by atoms with Crippen LogP contribution in [0.1, 0.15) is 18.4 Å². The highest BCUT2D eigenvalue weighted by molar-refractivity contribution is 9.11. The summed E-state index contributed by atoms with van der Waals surface area (Å²) in [5.41, 5.74) is 0.987. The van der Waals surface area contributed by atoms with Crippen molar-refractivity contribution in [3.05, 3.63) is 26.6 Å². The van der Waals surface area contributed by atoms with Crippen molar-refractivity contribution in [2.24, 2.45) is 0 Å². The fourth-order valence-corrected chi connectivity index (χ4v) is 4.37. The minimum absolute atomic E-state index is 0.261. The Morgan fingerprint density at radius 3 is 2.53 bits per heavy atom. The second-order valence-corrected chi connectivity index (χ2v) is 8.10. The van der Waals surface area contributed by atoms with Gasteiger partial charge >= 0.3 is 0 Å². The third kappa shape index (κ3) is 4.26. The van der Waals surface area contributed by atoms with E-state index in [0.29, 0.717) is 23.6 Å². The standard InChI is InChI=1S/C12H16Br2N2O2S/c1-8-6-11(14)12(7-10(8)13)19(17,18)16-5-4-15-9-2-3-9/h6-7,9,15-16H,2-5H2,1H3. The highest BCUT2D eigenvalue weighted by Crippen LogP contribution is 2.28. The van der Waals surface area contributed by atoms with Gasteiger partial charge in [0, 0.05) is 28.1 Å². The average Bonchev–Trinajstić information content (AvgIpc) is 3.13. The van der Waals surface area contributed by atoms with Crippen molar-refractivity contribution in [3.8, 4) is 0 Å². The maximum absolute atomic E-state index is 12.2. The van der Waals surface area contributed by atoms with Crippen LogP contribution in [-0.2, 0) is 10.0 Å². The summed E-state index contributed by atoms with van der Waals surface area (Å²) in [7, 11) is -3.47. The quantitative estimate of drug-likeness (QED) is 0.707. The van der Waals surface area contributed by atoms with E-state index in [9.17, 15) is 8.42 Å². The number of hydrogen-bond donors (Lipinski definition) is 2. The molecule has 0 aliphatic heterocycles. The van der Waals surface area contributed by atoms with E-state index in [0.717, 1.165) is 10.0 Å². The maximum Gasteiger partial charge on any atom is 0.241 e. The van der Waals surface area contributed by atoms with Crippen molar-refractivity contribution >= 4 is 41.9 Å². The zero-order valence-corrected chi connectivity index (χ0v) is 14.5. The third-order valence-electron chi connectivity index (χ3n) is 2.93. The van der Waals surface area contributed by atoms with Gasteiger partial charge in [0.2, 0.25) is 10.0 Å². The Labute approximate surface area is 130 Å². The van der Waals surface area contributed by atoms with Crippen LogP contribution in [0.3, 0.4) is 0 Å². The molecule has 0 heterocycles. The van der Waals surface area contributed by atoms with Crippen molar-refractivity contribution in [2.45, 2.75) is 30.7 Å². The average molecular weight is 412 g/mol. The van der Waals surface area contributed by atoms with Gasteiger partial charge in [-0.1, -0.05) is 15.9 Å². The first-order valence-corrected chi connectivity index (χ1v) is 9.16. The topological polar surface area (TPSA) is 58.2 Å². The second-order valence-electron chi connectivity index (χ2n) is 4.66. The van der Waals surface area contributed by atoms with E-state index in [4.69, 9.17) is 0 Å². The van der Waals surface area contributed by atoms with Crippen molar-refractivity contribution in [1.29, 1.82) is 0 Å². The molecule has 0 spiro atoms. The highest BCUT2D eigenvalue weighted by atomic mass is 79.9. The Morgan fingerprint density at radius 2 is 1.89 bits per heavy atom. The van der Waals surface area contributed by atoms with E-state index in [-0.39, 0.29) is 4.90 Å². The van der Waals surface area contributed by atoms with Gasteiger partial charge in [-0.05, 0) is 53.4 Å². The molecule has 0 amide bonds. The van der Waals surface area contributed by atoms with Crippen LogP contribution in [0.15, 0.2) is 26.0 Å². The molecular formula is C12H16Br2N2O2S. The summed E-state index contributed by atoms with van der Waals surface area (Å²) in [6, 6.07) is 4.00. The fourth-order valence-electron chi connectivity index (χ4n) is 1.66. The predicted molar refractivity (Wildman–Crippen MR) is 82.8 cm³/mol. The van der Waals surface area contributed by atoms with E-state index in [1.165, 1.54) is 12.8 Å². The third-order valence-corrected chi connectivity index (χ3v) is 6.20. The van der Waals surface area contributed by atoms with E-state index in [2.05, 4.69) is 41.9 Å². The summed E-state index contributed by atoms with van der Waals surface area (Å²) in [5.74, 6) is 0. The normalized spacial score (nSPS) is 15.7. The molecular weight excluding hydrogens is 396 g/mol. The Bertz CT molecular complexity index is 571. The van der Waals surface area contributed by atoms with E-state index >= 15 is 0 Å². The first-order chi connectivity index (χ1) is 8.90. The number of sulfonamides is 1. The Balaban J connectivity index is 2.03. The molecule has 106 valence electrons. The van der Waals surface area contributed by atoms with Crippen LogP contribution in [0.5, 0.6) is 0 Å². The van der Waals surface area contributed by atoms with Crippen LogP contribution in [0, 0.1) is 6.92 Å². The van der Waals surface area contributed by atoms with Gasteiger partial charge in [-0.25, -0.2) is 13.1 Å². The first-order valence-electron chi connectivity index (χ1n) is 6.09. The lowest BCUT2D eigenvalue weighted by Gasteiger charge is -2.10. The summed E-state index contributed by atoms with van der Waals surface area (Å²) in [6.45, 7) is 2.98. The van der Waals surface area contributed by atoms with Crippen LogP contribution in [-0.4, -0.2) is 27.5 Å². The molecule has 2 N–H and O–H groups in total. The van der Waals surface area contributed by atoms with Crippen LogP contribution >= 0.6 is 31.9 Å². The number of hydrogen-bond acceptors (Lipinski definition) is 3. The van der Waals surface area contributed by atoms with Crippen molar-refractivity contribution in [3.63, 3.8) is 0 Å². The molecule has 2 rings (SSSR count). The van der Waals surface area contributed by atoms with Gasteiger partial charge in [0.25, 0.3) is 0 Å². The van der Waals surface area contributed by atoms with Crippen molar-refractivity contribution in [1.82, 2.24) is 10.0 Å². The molecule has 1 saturated carbocycles. The highest BCUT2D eigenvalue weighted by Gasteiger charge is 2.21. The molecule has 1 aromatic rings. The molecule has 19 heavy (non-hydrogen) atoms. The summed E-state index contributed by atoms with van der Waals surface area (Å²) in [4.78, 5) is 0.261. The molecule has 0 saturated heterocycles. The number of halogens is 2. The van der Waals surface area contributed by atoms with Gasteiger partial charge in [0.05, 0.1) is 4.90 Å². The lowest BCUT2D eigenvalue weighted by Crippen LogP contribution is -2.32.